The predicted molar refractivity (Wildman–Crippen MR) is 68.7 cm³/mol. The fraction of sp³-hybridized carbons (Fsp3) is 0.0714. The molecule has 6 heteroatoms. The minimum atomic E-state index is -1.44. The number of hydrogen-bond acceptors (Lipinski definition) is 5. The van der Waals surface area contributed by atoms with Gasteiger partial charge in [0.05, 0.1) is 5.56 Å². The molecule has 0 radical (unpaired) electrons. The second-order valence-corrected chi connectivity index (χ2v) is 3.46. The maximum atomic E-state index is 11.7. The average molecular weight is 276 g/mol. The molecule has 1 aromatic carbocycles. The van der Waals surface area contributed by atoms with E-state index in [0.717, 1.165) is 12.2 Å². The highest BCUT2D eigenvalue weighted by molar-refractivity contribution is 5.94. The maximum absolute atomic E-state index is 11.7. The molecule has 0 aliphatic carbocycles. The quantitative estimate of drug-likeness (QED) is 0.481. The number of benzene rings is 1. The molecule has 1 N–H and O–H groups in total. The highest BCUT2D eigenvalue weighted by atomic mass is 16.6. The molecule has 0 saturated carbocycles. The van der Waals surface area contributed by atoms with E-state index in [9.17, 15) is 14.4 Å². The molecular formula is C14H12O6. The van der Waals surface area contributed by atoms with Crippen molar-refractivity contribution < 1.29 is 29.0 Å². The molecule has 0 amide bonds. The van der Waals surface area contributed by atoms with Gasteiger partial charge in [-0.3, -0.25) is 0 Å². The van der Waals surface area contributed by atoms with Gasteiger partial charge in [-0.2, -0.15) is 0 Å². The monoisotopic (exact) mass is 276 g/mol. The Bertz CT molecular complexity index is 544. The lowest BCUT2D eigenvalue weighted by Crippen LogP contribution is -2.13. The zero-order chi connectivity index (χ0) is 15.0. The summed E-state index contributed by atoms with van der Waals surface area (Å²) in [4.78, 5) is 33.3. The SMILES string of the molecule is C=CC(=O)OCC=C(OC(=O)c1ccccc1)C(=O)O. The Balaban J connectivity index is 2.70. The first-order chi connectivity index (χ1) is 9.54. The van der Waals surface area contributed by atoms with Crippen LogP contribution in [0.1, 0.15) is 10.4 Å². The first-order valence-corrected chi connectivity index (χ1v) is 5.54. The topological polar surface area (TPSA) is 89.9 Å². The van der Waals surface area contributed by atoms with Crippen LogP contribution in [0.5, 0.6) is 0 Å². The smallest absolute Gasteiger partial charge is 0.371 e. The molecule has 0 aliphatic heterocycles. The summed E-state index contributed by atoms with van der Waals surface area (Å²) in [5, 5.41) is 8.89. The van der Waals surface area contributed by atoms with E-state index in [1.165, 1.54) is 12.1 Å². The molecule has 0 atom stereocenters. The molecule has 0 aromatic heterocycles. The summed E-state index contributed by atoms with van der Waals surface area (Å²) in [6.45, 7) is 2.85. The van der Waals surface area contributed by atoms with Crippen LogP contribution in [0.2, 0.25) is 0 Å². The number of carboxylic acid groups (broad SMARTS) is 1. The summed E-state index contributed by atoms with van der Waals surface area (Å²) < 4.78 is 9.29. The lowest BCUT2D eigenvalue weighted by molar-refractivity contribution is -0.138. The largest absolute Gasteiger partial charge is 0.475 e. The summed E-state index contributed by atoms with van der Waals surface area (Å²) in [6.07, 6.45) is 1.91. The number of carbonyl (C=O) groups is 3. The minimum Gasteiger partial charge on any atom is -0.475 e. The van der Waals surface area contributed by atoms with Crippen molar-refractivity contribution in [1.82, 2.24) is 0 Å². The summed E-state index contributed by atoms with van der Waals surface area (Å²) >= 11 is 0. The molecule has 0 spiro atoms. The number of rotatable bonds is 6. The van der Waals surface area contributed by atoms with E-state index < -0.39 is 23.7 Å². The van der Waals surface area contributed by atoms with E-state index in [4.69, 9.17) is 9.84 Å². The van der Waals surface area contributed by atoms with Gasteiger partial charge in [0.15, 0.2) is 0 Å². The van der Waals surface area contributed by atoms with Crippen LogP contribution in [0.4, 0.5) is 0 Å². The summed E-state index contributed by atoms with van der Waals surface area (Å²) in [7, 11) is 0. The summed E-state index contributed by atoms with van der Waals surface area (Å²) in [5.74, 6) is -3.57. The Labute approximate surface area is 114 Å². The van der Waals surface area contributed by atoms with Gasteiger partial charge in [0, 0.05) is 12.2 Å². The Hall–Kier alpha value is -2.89. The maximum Gasteiger partial charge on any atom is 0.371 e. The van der Waals surface area contributed by atoms with E-state index in [1.54, 1.807) is 18.2 Å². The van der Waals surface area contributed by atoms with Gasteiger partial charge in [0.25, 0.3) is 0 Å². The van der Waals surface area contributed by atoms with E-state index >= 15 is 0 Å². The Morgan fingerprint density at radius 1 is 1.20 bits per heavy atom. The molecular weight excluding hydrogens is 264 g/mol. The fourth-order valence-corrected chi connectivity index (χ4v) is 1.16. The standard InChI is InChI=1S/C14H12O6/c1-2-12(15)19-9-8-11(13(16)17)20-14(18)10-6-4-3-5-7-10/h2-8H,1,9H2,(H,16,17). The second-order valence-electron chi connectivity index (χ2n) is 3.46. The van der Waals surface area contributed by atoms with Crippen LogP contribution < -0.4 is 0 Å². The third-order valence-corrected chi connectivity index (χ3v) is 2.08. The van der Waals surface area contributed by atoms with Crippen LogP contribution in [-0.2, 0) is 19.1 Å². The first kappa shape index (κ1) is 15.2. The second kappa shape index (κ2) is 7.52. The predicted octanol–water partition coefficient (Wildman–Crippen LogP) is 1.54. The van der Waals surface area contributed by atoms with Gasteiger partial charge in [0.2, 0.25) is 5.76 Å². The van der Waals surface area contributed by atoms with Gasteiger partial charge in [-0.05, 0) is 12.1 Å². The van der Waals surface area contributed by atoms with Crippen LogP contribution in [0.15, 0.2) is 54.8 Å². The molecule has 0 bridgehead atoms. The normalized spacial score (nSPS) is 10.5. The fourth-order valence-electron chi connectivity index (χ4n) is 1.16. The lowest BCUT2D eigenvalue weighted by atomic mass is 10.2. The number of carbonyl (C=O) groups excluding carboxylic acids is 2. The van der Waals surface area contributed by atoms with E-state index in [2.05, 4.69) is 11.3 Å². The molecule has 0 unspecified atom stereocenters. The van der Waals surface area contributed by atoms with Crippen molar-refractivity contribution in [2.75, 3.05) is 6.61 Å². The zero-order valence-electron chi connectivity index (χ0n) is 10.4. The third-order valence-electron chi connectivity index (χ3n) is 2.08. The van der Waals surface area contributed by atoms with Crippen molar-refractivity contribution in [1.29, 1.82) is 0 Å². The highest BCUT2D eigenvalue weighted by Crippen LogP contribution is 2.06. The number of esters is 2. The number of aliphatic carboxylic acids is 1. The average Bonchev–Trinajstić information content (AvgIpc) is 2.46. The van der Waals surface area contributed by atoms with Gasteiger partial charge in [0.1, 0.15) is 6.61 Å². The van der Waals surface area contributed by atoms with Crippen LogP contribution in [0, 0.1) is 0 Å². The zero-order valence-corrected chi connectivity index (χ0v) is 10.4. The van der Waals surface area contributed by atoms with Gasteiger partial charge < -0.3 is 14.6 Å². The molecule has 1 rings (SSSR count). The van der Waals surface area contributed by atoms with Crippen molar-refractivity contribution in [2.24, 2.45) is 0 Å². The highest BCUT2D eigenvalue weighted by Gasteiger charge is 2.15. The number of hydrogen-bond donors (Lipinski definition) is 1. The molecule has 20 heavy (non-hydrogen) atoms. The van der Waals surface area contributed by atoms with Crippen LogP contribution in [0.25, 0.3) is 0 Å². The molecule has 104 valence electrons. The van der Waals surface area contributed by atoms with Crippen molar-refractivity contribution in [2.45, 2.75) is 0 Å². The van der Waals surface area contributed by atoms with E-state index in [-0.39, 0.29) is 12.2 Å². The molecule has 0 fully saturated rings. The third kappa shape index (κ3) is 4.77. The number of ether oxygens (including phenoxy) is 2. The molecule has 0 heterocycles. The molecule has 1 aromatic rings. The Morgan fingerprint density at radius 2 is 1.85 bits per heavy atom. The molecule has 0 saturated heterocycles. The van der Waals surface area contributed by atoms with E-state index in [1.807, 2.05) is 0 Å². The van der Waals surface area contributed by atoms with Crippen LogP contribution >= 0.6 is 0 Å². The van der Waals surface area contributed by atoms with Crippen molar-refractivity contribution in [3.8, 4) is 0 Å². The Kier molecular flexibility index (Phi) is 5.71. The van der Waals surface area contributed by atoms with Gasteiger partial charge in [-0.1, -0.05) is 24.8 Å². The molecule has 0 aliphatic rings. The summed E-state index contributed by atoms with van der Waals surface area (Å²) in [5.41, 5.74) is 0.211. The van der Waals surface area contributed by atoms with Crippen molar-refractivity contribution >= 4 is 17.9 Å². The van der Waals surface area contributed by atoms with Crippen LogP contribution in [-0.4, -0.2) is 29.6 Å². The lowest BCUT2D eigenvalue weighted by Gasteiger charge is -2.05. The van der Waals surface area contributed by atoms with Gasteiger partial charge >= 0.3 is 17.9 Å². The van der Waals surface area contributed by atoms with Gasteiger partial charge in [-0.25, -0.2) is 14.4 Å². The number of carboxylic acids is 1. The van der Waals surface area contributed by atoms with Crippen molar-refractivity contribution in [3.63, 3.8) is 0 Å². The van der Waals surface area contributed by atoms with Crippen molar-refractivity contribution in [3.05, 3.63) is 60.4 Å². The van der Waals surface area contributed by atoms with Crippen LogP contribution in [0.3, 0.4) is 0 Å². The first-order valence-electron chi connectivity index (χ1n) is 5.54. The molecule has 6 nitrogen and oxygen atoms in total. The Morgan fingerprint density at radius 3 is 2.40 bits per heavy atom. The minimum absolute atomic E-state index is 0.211. The van der Waals surface area contributed by atoms with E-state index in [0.29, 0.717) is 0 Å². The summed E-state index contributed by atoms with van der Waals surface area (Å²) in [6, 6.07) is 7.91. The van der Waals surface area contributed by atoms with Gasteiger partial charge in [-0.15, -0.1) is 0 Å².